The lowest BCUT2D eigenvalue weighted by molar-refractivity contribution is 0.171. The first-order valence-corrected chi connectivity index (χ1v) is 7.99. The van der Waals surface area contributed by atoms with Crippen LogP contribution >= 0.6 is 11.8 Å². The van der Waals surface area contributed by atoms with Gasteiger partial charge in [-0.25, -0.2) is 0 Å². The first-order valence-electron chi connectivity index (χ1n) is 6.83. The van der Waals surface area contributed by atoms with E-state index >= 15 is 0 Å². The summed E-state index contributed by atoms with van der Waals surface area (Å²) in [6, 6.07) is 6.40. The van der Waals surface area contributed by atoms with Crippen LogP contribution in [0, 0.1) is 5.41 Å². The zero-order valence-corrected chi connectivity index (χ0v) is 11.8. The fraction of sp³-hybridized carbons (Fsp3) is 0.600. The molecule has 1 aromatic rings. The van der Waals surface area contributed by atoms with Gasteiger partial charge < -0.3 is 10.1 Å². The molecule has 2 heterocycles. The predicted molar refractivity (Wildman–Crippen MR) is 78.8 cm³/mol. The monoisotopic (exact) mass is 263 g/mol. The minimum atomic E-state index is 0.351. The second-order valence-corrected chi connectivity index (χ2v) is 6.83. The van der Waals surface area contributed by atoms with Gasteiger partial charge in [-0.3, -0.25) is 0 Å². The molecule has 2 aliphatic heterocycles. The predicted octanol–water partition coefficient (Wildman–Crippen LogP) is 3.57. The fourth-order valence-electron chi connectivity index (χ4n) is 2.79. The number of rotatable bonds is 3. The third-order valence-electron chi connectivity index (χ3n) is 3.90. The molecule has 0 radical (unpaired) electrons. The summed E-state index contributed by atoms with van der Waals surface area (Å²) in [5, 5.41) is 3.44. The molecule has 1 aromatic carbocycles. The van der Waals surface area contributed by atoms with E-state index in [-0.39, 0.29) is 0 Å². The summed E-state index contributed by atoms with van der Waals surface area (Å²) in [6.07, 6.45) is 3.75. The van der Waals surface area contributed by atoms with Crippen LogP contribution in [0.2, 0.25) is 0 Å². The lowest BCUT2D eigenvalue weighted by atomic mass is 9.88. The van der Waals surface area contributed by atoms with E-state index in [1.807, 2.05) is 0 Å². The first kappa shape index (κ1) is 12.2. The van der Waals surface area contributed by atoms with Crippen molar-refractivity contribution >= 4 is 17.4 Å². The Kier molecular flexibility index (Phi) is 3.42. The second kappa shape index (κ2) is 5.04. The average molecular weight is 263 g/mol. The van der Waals surface area contributed by atoms with E-state index in [1.54, 1.807) is 0 Å². The van der Waals surface area contributed by atoms with Crippen molar-refractivity contribution in [1.29, 1.82) is 0 Å². The lowest BCUT2D eigenvalue weighted by Gasteiger charge is -2.33. The smallest absolute Gasteiger partial charge is 0.142 e. The summed E-state index contributed by atoms with van der Waals surface area (Å²) in [7, 11) is 0. The number of benzene rings is 1. The Morgan fingerprint density at radius 1 is 1.44 bits per heavy atom. The highest BCUT2D eigenvalue weighted by Gasteiger charge is 2.28. The van der Waals surface area contributed by atoms with Crippen LogP contribution in [0.5, 0.6) is 5.75 Å². The van der Waals surface area contributed by atoms with E-state index in [2.05, 4.69) is 42.2 Å². The molecule has 18 heavy (non-hydrogen) atoms. The Labute approximate surface area is 113 Å². The third kappa shape index (κ3) is 2.46. The van der Waals surface area contributed by atoms with Crippen LogP contribution in [0.1, 0.15) is 25.3 Å². The largest absolute Gasteiger partial charge is 0.491 e. The second-order valence-electron chi connectivity index (χ2n) is 5.72. The molecule has 2 aliphatic rings. The summed E-state index contributed by atoms with van der Waals surface area (Å²) in [6.45, 7) is 4.25. The Hall–Kier alpha value is -0.830. The van der Waals surface area contributed by atoms with Crippen molar-refractivity contribution in [3.05, 3.63) is 23.8 Å². The molecule has 0 aromatic heterocycles. The van der Waals surface area contributed by atoms with Gasteiger partial charge in [0, 0.05) is 17.7 Å². The van der Waals surface area contributed by atoms with Crippen LogP contribution in [-0.4, -0.2) is 24.7 Å². The van der Waals surface area contributed by atoms with E-state index in [4.69, 9.17) is 4.74 Å². The zero-order chi connectivity index (χ0) is 12.4. The maximum Gasteiger partial charge on any atom is 0.142 e. The molecule has 1 N–H and O–H groups in total. The minimum Gasteiger partial charge on any atom is -0.491 e. The van der Waals surface area contributed by atoms with Crippen molar-refractivity contribution in [3.8, 4) is 5.75 Å². The molecule has 1 fully saturated rings. The molecule has 0 aliphatic carbocycles. The van der Waals surface area contributed by atoms with Gasteiger partial charge >= 0.3 is 0 Å². The van der Waals surface area contributed by atoms with Crippen LogP contribution in [0.15, 0.2) is 18.2 Å². The third-order valence-corrected chi connectivity index (χ3v) is 5.38. The van der Waals surface area contributed by atoms with E-state index in [9.17, 15) is 0 Å². The van der Waals surface area contributed by atoms with Crippen LogP contribution in [-0.2, 0) is 6.42 Å². The van der Waals surface area contributed by atoms with Crippen LogP contribution < -0.4 is 10.1 Å². The SMILES string of the molecule is CC1(COc2cccc3c2NCC3)CCCSC1. The van der Waals surface area contributed by atoms with Crippen molar-refractivity contribution in [2.24, 2.45) is 5.41 Å². The number of anilines is 1. The van der Waals surface area contributed by atoms with Gasteiger partial charge in [0.2, 0.25) is 0 Å². The van der Waals surface area contributed by atoms with Gasteiger partial charge in [0.1, 0.15) is 5.75 Å². The molecular formula is C15H21NOS. The first-order chi connectivity index (χ1) is 8.77. The quantitative estimate of drug-likeness (QED) is 0.901. The Bertz CT molecular complexity index is 427. The highest BCUT2D eigenvalue weighted by atomic mass is 32.2. The van der Waals surface area contributed by atoms with Gasteiger partial charge in [-0.2, -0.15) is 11.8 Å². The minimum absolute atomic E-state index is 0.351. The van der Waals surface area contributed by atoms with Gasteiger partial charge in [0.15, 0.2) is 0 Å². The Morgan fingerprint density at radius 3 is 3.22 bits per heavy atom. The molecule has 0 spiro atoms. The maximum absolute atomic E-state index is 6.12. The number of hydrogen-bond acceptors (Lipinski definition) is 3. The molecule has 3 rings (SSSR count). The van der Waals surface area contributed by atoms with E-state index < -0.39 is 0 Å². The van der Waals surface area contributed by atoms with Gasteiger partial charge in [-0.1, -0.05) is 19.1 Å². The molecule has 0 saturated carbocycles. The number of ether oxygens (including phenoxy) is 1. The molecule has 3 heteroatoms. The summed E-state index contributed by atoms with van der Waals surface area (Å²) in [5.74, 6) is 3.59. The molecule has 1 unspecified atom stereocenters. The normalized spacial score (nSPS) is 26.5. The van der Waals surface area contributed by atoms with Crippen molar-refractivity contribution in [3.63, 3.8) is 0 Å². The van der Waals surface area contributed by atoms with Crippen molar-refractivity contribution in [2.45, 2.75) is 26.2 Å². The topological polar surface area (TPSA) is 21.3 Å². The summed E-state index contributed by atoms with van der Waals surface area (Å²) >= 11 is 2.07. The molecule has 2 nitrogen and oxygen atoms in total. The summed E-state index contributed by atoms with van der Waals surface area (Å²) in [5.41, 5.74) is 2.98. The van der Waals surface area contributed by atoms with Crippen molar-refractivity contribution < 1.29 is 4.74 Å². The standard InChI is InChI=1S/C15H21NOS/c1-15(7-3-9-18-11-15)10-17-13-5-2-4-12-6-8-16-14(12)13/h2,4-5,16H,3,6-11H2,1H3. The molecule has 0 bridgehead atoms. The van der Waals surface area contributed by atoms with Crippen molar-refractivity contribution in [1.82, 2.24) is 0 Å². The highest BCUT2D eigenvalue weighted by Crippen LogP contribution is 2.37. The fourth-order valence-corrected chi connectivity index (χ4v) is 4.00. The number of fused-ring (bicyclic) bond motifs is 1. The number of nitrogens with one attached hydrogen (secondary N) is 1. The Morgan fingerprint density at radius 2 is 2.39 bits per heavy atom. The van der Waals surface area contributed by atoms with Crippen molar-refractivity contribution in [2.75, 3.05) is 30.0 Å². The van der Waals surface area contributed by atoms with E-state index in [1.165, 1.54) is 35.6 Å². The highest BCUT2D eigenvalue weighted by molar-refractivity contribution is 7.99. The van der Waals surface area contributed by atoms with Crippen LogP contribution in [0.25, 0.3) is 0 Å². The summed E-state index contributed by atoms with van der Waals surface area (Å²) < 4.78 is 6.12. The number of thioether (sulfide) groups is 1. The van der Waals surface area contributed by atoms with Gasteiger partial charge in [-0.05, 0) is 36.6 Å². The summed E-state index contributed by atoms with van der Waals surface area (Å²) in [4.78, 5) is 0. The van der Waals surface area contributed by atoms with E-state index in [0.29, 0.717) is 5.41 Å². The molecular weight excluding hydrogens is 242 g/mol. The van der Waals surface area contributed by atoms with E-state index in [0.717, 1.165) is 25.3 Å². The van der Waals surface area contributed by atoms with Gasteiger partial charge in [-0.15, -0.1) is 0 Å². The molecule has 98 valence electrons. The molecule has 1 saturated heterocycles. The lowest BCUT2D eigenvalue weighted by Crippen LogP contribution is -2.31. The Balaban J connectivity index is 1.68. The number of hydrogen-bond donors (Lipinski definition) is 1. The maximum atomic E-state index is 6.12. The van der Waals surface area contributed by atoms with Gasteiger partial charge in [0.05, 0.1) is 12.3 Å². The number of para-hydroxylation sites is 1. The molecule has 1 atom stereocenters. The van der Waals surface area contributed by atoms with Crippen LogP contribution in [0.4, 0.5) is 5.69 Å². The average Bonchev–Trinajstić information content (AvgIpc) is 2.86. The zero-order valence-electron chi connectivity index (χ0n) is 11.0. The molecule has 0 amide bonds. The van der Waals surface area contributed by atoms with Crippen LogP contribution in [0.3, 0.4) is 0 Å². The van der Waals surface area contributed by atoms with Gasteiger partial charge in [0.25, 0.3) is 0 Å².